The lowest BCUT2D eigenvalue weighted by atomic mass is 10.0. The fourth-order valence-corrected chi connectivity index (χ4v) is 2.77. The predicted molar refractivity (Wildman–Crippen MR) is 97.1 cm³/mol. The average Bonchev–Trinajstić information content (AvgIpc) is 2.94. The van der Waals surface area contributed by atoms with Gasteiger partial charge in [-0.15, -0.1) is 0 Å². The summed E-state index contributed by atoms with van der Waals surface area (Å²) >= 11 is 0. The van der Waals surface area contributed by atoms with Crippen molar-refractivity contribution in [2.45, 2.75) is 33.7 Å². The number of H-pyrrole nitrogens is 1. The van der Waals surface area contributed by atoms with Crippen LogP contribution in [0.25, 0.3) is 11.0 Å². The second kappa shape index (κ2) is 6.51. The van der Waals surface area contributed by atoms with Crippen LogP contribution < -0.4 is 11.1 Å². The quantitative estimate of drug-likeness (QED) is 0.677. The normalized spacial score (nSPS) is 12.5. The fourth-order valence-electron chi connectivity index (χ4n) is 2.77. The number of carbonyl (C=O) groups excluding carboxylic acids is 1. The lowest BCUT2D eigenvalue weighted by Gasteiger charge is -2.20. The summed E-state index contributed by atoms with van der Waals surface area (Å²) in [6, 6.07) is 5.78. The monoisotopic (exact) mass is 338 g/mol. The molecule has 2 heterocycles. The smallest absolute Gasteiger partial charge is 0.255 e. The van der Waals surface area contributed by atoms with Crippen LogP contribution in [0.3, 0.4) is 0 Å². The first-order valence-electron chi connectivity index (χ1n) is 8.21. The van der Waals surface area contributed by atoms with Crippen molar-refractivity contribution in [2.24, 2.45) is 5.92 Å². The van der Waals surface area contributed by atoms with Crippen LogP contribution >= 0.6 is 0 Å². The topological polar surface area (TPSA) is 110 Å². The van der Waals surface area contributed by atoms with Gasteiger partial charge in [-0.2, -0.15) is 0 Å². The Balaban J connectivity index is 1.91. The Hall–Kier alpha value is -2.96. The number of benzene rings is 1. The zero-order valence-electron chi connectivity index (χ0n) is 14.8. The van der Waals surface area contributed by atoms with Gasteiger partial charge in [0.2, 0.25) is 5.95 Å². The van der Waals surface area contributed by atoms with Crippen LogP contribution in [0.5, 0.6) is 0 Å². The number of nitrogens with zero attached hydrogens (tertiary/aromatic N) is 3. The summed E-state index contributed by atoms with van der Waals surface area (Å²) in [6.07, 6.45) is 1.45. The Morgan fingerprint density at radius 2 is 2.00 bits per heavy atom. The maximum Gasteiger partial charge on any atom is 0.255 e. The highest BCUT2D eigenvalue weighted by atomic mass is 16.1. The van der Waals surface area contributed by atoms with Crippen molar-refractivity contribution in [1.29, 1.82) is 0 Å². The molecule has 4 N–H and O–H groups in total. The third kappa shape index (κ3) is 3.45. The number of nitrogens with one attached hydrogen (secondary N) is 2. The molecule has 2 aromatic heterocycles. The summed E-state index contributed by atoms with van der Waals surface area (Å²) in [4.78, 5) is 28.6. The zero-order chi connectivity index (χ0) is 18.1. The van der Waals surface area contributed by atoms with Crippen LogP contribution in [0.1, 0.15) is 47.3 Å². The minimum atomic E-state index is -0.253. The van der Waals surface area contributed by atoms with E-state index in [4.69, 9.17) is 5.73 Å². The highest BCUT2D eigenvalue weighted by Crippen LogP contribution is 2.23. The van der Waals surface area contributed by atoms with Crippen LogP contribution in [-0.2, 0) is 0 Å². The van der Waals surface area contributed by atoms with Gasteiger partial charge in [0.05, 0.1) is 28.3 Å². The summed E-state index contributed by atoms with van der Waals surface area (Å²) in [7, 11) is 0. The molecule has 0 aliphatic carbocycles. The fraction of sp³-hybridized carbons (Fsp3) is 0.333. The Bertz CT molecular complexity index is 930. The number of aromatic amines is 1. The number of hydrogen-bond donors (Lipinski definition) is 3. The molecule has 3 rings (SSSR count). The number of fused-ring (bicyclic) bond motifs is 1. The van der Waals surface area contributed by atoms with Crippen molar-refractivity contribution in [1.82, 2.24) is 25.3 Å². The lowest BCUT2D eigenvalue weighted by Crippen LogP contribution is -2.33. The molecule has 1 atom stereocenters. The van der Waals surface area contributed by atoms with Gasteiger partial charge in [0.15, 0.2) is 0 Å². The summed E-state index contributed by atoms with van der Waals surface area (Å²) in [5, 5.41) is 3.03. The van der Waals surface area contributed by atoms with Gasteiger partial charge in [0, 0.05) is 6.20 Å². The summed E-state index contributed by atoms with van der Waals surface area (Å²) in [5.41, 5.74) is 9.51. The molecule has 1 amide bonds. The van der Waals surface area contributed by atoms with E-state index in [0.29, 0.717) is 11.3 Å². The molecular formula is C18H22N6O. The second-order valence-electron chi connectivity index (χ2n) is 6.57. The number of carbonyl (C=O) groups is 1. The van der Waals surface area contributed by atoms with Crippen LogP contribution in [0.15, 0.2) is 24.4 Å². The van der Waals surface area contributed by atoms with E-state index in [1.54, 1.807) is 6.92 Å². The third-order valence-corrected chi connectivity index (χ3v) is 4.15. The first-order chi connectivity index (χ1) is 11.8. The van der Waals surface area contributed by atoms with Gasteiger partial charge in [0.25, 0.3) is 5.91 Å². The SMILES string of the molecule is Cc1ccc2nc([C@@H](NC(=O)c3cnc(N)nc3C)C(C)C)[nH]c2c1. The Morgan fingerprint density at radius 3 is 2.68 bits per heavy atom. The molecular weight excluding hydrogens is 316 g/mol. The molecule has 0 radical (unpaired) electrons. The number of hydrogen-bond acceptors (Lipinski definition) is 5. The number of rotatable bonds is 4. The van der Waals surface area contributed by atoms with E-state index in [-0.39, 0.29) is 23.8 Å². The van der Waals surface area contributed by atoms with E-state index < -0.39 is 0 Å². The number of aryl methyl sites for hydroxylation is 2. The molecule has 130 valence electrons. The largest absolute Gasteiger partial charge is 0.368 e. The van der Waals surface area contributed by atoms with Crippen molar-refractivity contribution < 1.29 is 4.79 Å². The zero-order valence-corrected chi connectivity index (χ0v) is 14.8. The van der Waals surface area contributed by atoms with Crippen LogP contribution in [0, 0.1) is 19.8 Å². The minimum absolute atomic E-state index is 0.153. The standard InChI is InChI=1S/C18H22N6O/c1-9(2)15(16-22-13-6-5-10(3)7-14(13)23-16)24-17(25)12-8-20-18(19)21-11(12)4/h5-9,15H,1-4H3,(H,22,23)(H,24,25)(H2,19,20,21)/t15-/m0/s1. The molecule has 7 nitrogen and oxygen atoms in total. The second-order valence-corrected chi connectivity index (χ2v) is 6.57. The molecule has 25 heavy (non-hydrogen) atoms. The highest BCUT2D eigenvalue weighted by molar-refractivity contribution is 5.95. The first kappa shape index (κ1) is 16.9. The summed E-state index contributed by atoms with van der Waals surface area (Å²) in [5.74, 6) is 0.800. The number of anilines is 1. The Morgan fingerprint density at radius 1 is 1.24 bits per heavy atom. The van der Waals surface area contributed by atoms with Gasteiger partial charge >= 0.3 is 0 Å². The minimum Gasteiger partial charge on any atom is -0.368 e. The Kier molecular flexibility index (Phi) is 4.39. The summed E-state index contributed by atoms with van der Waals surface area (Å²) in [6.45, 7) is 7.85. The van der Waals surface area contributed by atoms with Crippen molar-refractivity contribution in [3.8, 4) is 0 Å². The van der Waals surface area contributed by atoms with Crippen LogP contribution in [0.2, 0.25) is 0 Å². The molecule has 7 heteroatoms. The number of nitrogens with two attached hydrogens (primary N) is 1. The predicted octanol–water partition coefficient (Wildman–Crippen LogP) is 2.68. The van der Waals surface area contributed by atoms with Gasteiger partial charge < -0.3 is 16.0 Å². The van der Waals surface area contributed by atoms with E-state index in [9.17, 15) is 4.79 Å². The van der Waals surface area contributed by atoms with Gasteiger partial charge in [-0.25, -0.2) is 15.0 Å². The first-order valence-corrected chi connectivity index (χ1v) is 8.21. The highest BCUT2D eigenvalue weighted by Gasteiger charge is 2.23. The molecule has 0 spiro atoms. The van der Waals surface area contributed by atoms with Crippen molar-refractivity contribution >= 4 is 22.9 Å². The number of amides is 1. The number of nitrogen functional groups attached to an aromatic ring is 1. The van der Waals surface area contributed by atoms with Crippen molar-refractivity contribution in [3.05, 3.63) is 47.0 Å². The molecule has 0 fully saturated rings. The van der Waals surface area contributed by atoms with Gasteiger partial charge in [-0.3, -0.25) is 4.79 Å². The van der Waals surface area contributed by atoms with E-state index in [0.717, 1.165) is 22.4 Å². The lowest BCUT2D eigenvalue weighted by molar-refractivity contribution is 0.0922. The number of aromatic nitrogens is 4. The molecule has 0 saturated carbocycles. The van der Waals surface area contributed by atoms with E-state index in [1.807, 2.05) is 39.0 Å². The maximum absolute atomic E-state index is 12.7. The molecule has 0 unspecified atom stereocenters. The maximum atomic E-state index is 12.7. The van der Waals surface area contributed by atoms with Crippen molar-refractivity contribution in [3.63, 3.8) is 0 Å². The molecule has 3 aromatic rings. The van der Waals surface area contributed by atoms with Gasteiger partial charge in [-0.05, 0) is 37.5 Å². The molecule has 0 saturated heterocycles. The van der Waals surface area contributed by atoms with E-state index >= 15 is 0 Å². The molecule has 1 aromatic carbocycles. The number of imidazole rings is 1. The Labute approximate surface area is 146 Å². The van der Waals surface area contributed by atoms with Crippen LogP contribution in [0.4, 0.5) is 5.95 Å². The summed E-state index contributed by atoms with van der Waals surface area (Å²) < 4.78 is 0. The van der Waals surface area contributed by atoms with Gasteiger partial charge in [-0.1, -0.05) is 19.9 Å². The molecule has 0 aliphatic rings. The van der Waals surface area contributed by atoms with E-state index in [2.05, 4.69) is 25.3 Å². The van der Waals surface area contributed by atoms with E-state index in [1.165, 1.54) is 6.20 Å². The average molecular weight is 338 g/mol. The third-order valence-electron chi connectivity index (χ3n) is 4.15. The van der Waals surface area contributed by atoms with Crippen molar-refractivity contribution in [2.75, 3.05) is 5.73 Å². The van der Waals surface area contributed by atoms with Gasteiger partial charge in [0.1, 0.15) is 5.82 Å². The molecule has 0 aliphatic heterocycles. The van der Waals surface area contributed by atoms with Crippen LogP contribution in [-0.4, -0.2) is 25.8 Å². The molecule has 0 bridgehead atoms.